The lowest BCUT2D eigenvalue weighted by Gasteiger charge is -2.29. The van der Waals surface area contributed by atoms with Crippen LogP contribution in [0.25, 0.3) is 0 Å². The molecule has 0 unspecified atom stereocenters. The van der Waals surface area contributed by atoms with Crippen molar-refractivity contribution in [2.24, 2.45) is 17.6 Å². The van der Waals surface area contributed by atoms with Gasteiger partial charge in [-0.3, -0.25) is 19.2 Å². The van der Waals surface area contributed by atoms with Gasteiger partial charge in [-0.2, -0.15) is 0 Å². The first-order valence-electron chi connectivity index (χ1n) is 17.4. The van der Waals surface area contributed by atoms with Gasteiger partial charge in [0.05, 0.1) is 0 Å². The second kappa shape index (κ2) is 19.5. The fourth-order valence-corrected chi connectivity index (χ4v) is 5.78. The van der Waals surface area contributed by atoms with E-state index >= 15 is 0 Å². The molecule has 0 radical (unpaired) electrons. The summed E-state index contributed by atoms with van der Waals surface area (Å²) in [5.74, 6) is -3.85. The third kappa shape index (κ3) is 12.0. The first-order chi connectivity index (χ1) is 23.8. The summed E-state index contributed by atoms with van der Waals surface area (Å²) in [5, 5.41) is 8.61. The van der Waals surface area contributed by atoms with Crippen LogP contribution in [0.4, 0.5) is 8.78 Å². The molecule has 50 heavy (non-hydrogen) atoms. The number of carbonyl (C=O) groups is 4. The van der Waals surface area contributed by atoms with E-state index in [2.05, 4.69) is 16.0 Å². The Morgan fingerprint density at radius 2 is 1.38 bits per heavy atom. The average molecular weight is 692 g/mol. The number of carbonyl (C=O) groups excluding carboxylic acids is 4. The number of hydrogen-bond donors (Lipinski definition) is 4. The number of benzene rings is 3. The van der Waals surface area contributed by atoms with Crippen molar-refractivity contribution in [3.05, 3.63) is 107 Å². The number of halogens is 2. The average Bonchev–Trinajstić information content (AvgIpc) is 3.08. The quantitative estimate of drug-likeness (QED) is 0.142. The van der Waals surface area contributed by atoms with E-state index in [0.29, 0.717) is 25.2 Å². The summed E-state index contributed by atoms with van der Waals surface area (Å²) in [4.78, 5) is 55.0. The summed E-state index contributed by atoms with van der Waals surface area (Å²) >= 11 is 0. The van der Waals surface area contributed by atoms with Crippen LogP contribution in [-0.4, -0.2) is 59.7 Å². The minimum absolute atomic E-state index is 0.0220. The van der Waals surface area contributed by atoms with Crippen molar-refractivity contribution in [1.29, 1.82) is 0 Å². The minimum Gasteiger partial charge on any atom is -0.350 e. The summed E-state index contributed by atoms with van der Waals surface area (Å²) < 4.78 is 28.3. The van der Waals surface area contributed by atoms with Crippen LogP contribution >= 0.6 is 0 Å². The maximum Gasteiger partial charge on any atom is 0.253 e. The number of hydrogen-bond acceptors (Lipinski definition) is 5. The molecule has 3 rings (SSSR count). The lowest BCUT2D eigenvalue weighted by molar-refractivity contribution is -0.132. The van der Waals surface area contributed by atoms with E-state index in [1.807, 2.05) is 58.0 Å². The molecule has 3 aromatic carbocycles. The highest BCUT2D eigenvalue weighted by molar-refractivity contribution is 5.99. The molecule has 0 saturated carbocycles. The van der Waals surface area contributed by atoms with E-state index in [0.717, 1.165) is 24.5 Å². The molecule has 5 N–H and O–H groups in total. The second-order valence-corrected chi connectivity index (χ2v) is 13.2. The fraction of sp³-hybridized carbons (Fsp3) is 0.436. The van der Waals surface area contributed by atoms with Crippen LogP contribution in [0.2, 0.25) is 0 Å². The molecule has 11 heteroatoms. The highest BCUT2D eigenvalue weighted by atomic mass is 19.1. The van der Waals surface area contributed by atoms with Gasteiger partial charge in [0.15, 0.2) is 0 Å². The van der Waals surface area contributed by atoms with Crippen LogP contribution in [0.1, 0.15) is 85.7 Å². The van der Waals surface area contributed by atoms with Crippen LogP contribution in [0.15, 0.2) is 72.8 Å². The molecular weight excluding hydrogens is 640 g/mol. The largest absolute Gasteiger partial charge is 0.350 e. The molecule has 4 atom stereocenters. The van der Waals surface area contributed by atoms with Gasteiger partial charge in [0, 0.05) is 54.8 Å². The number of nitrogens with two attached hydrogens (primary N) is 1. The molecule has 0 aliphatic rings. The first kappa shape index (κ1) is 39.8. The van der Waals surface area contributed by atoms with Crippen molar-refractivity contribution in [2.75, 3.05) is 13.1 Å². The van der Waals surface area contributed by atoms with Gasteiger partial charge in [0.2, 0.25) is 11.8 Å². The number of nitrogens with one attached hydrogen (secondary N) is 3. The summed E-state index contributed by atoms with van der Waals surface area (Å²) in [6.45, 7) is 10.8. The van der Waals surface area contributed by atoms with E-state index in [9.17, 15) is 28.0 Å². The van der Waals surface area contributed by atoms with E-state index < -0.39 is 47.5 Å². The van der Waals surface area contributed by atoms with Crippen molar-refractivity contribution < 1.29 is 28.0 Å². The van der Waals surface area contributed by atoms with Gasteiger partial charge in [0.1, 0.15) is 17.7 Å². The van der Waals surface area contributed by atoms with Crippen LogP contribution in [0.3, 0.4) is 0 Å². The molecule has 0 fully saturated rings. The van der Waals surface area contributed by atoms with Crippen molar-refractivity contribution in [3.63, 3.8) is 0 Å². The summed E-state index contributed by atoms with van der Waals surface area (Å²) in [5.41, 5.74) is 8.42. The van der Waals surface area contributed by atoms with Crippen molar-refractivity contribution >= 4 is 23.6 Å². The molecule has 0 heterocycles. The van der Waals surface area contributed by atoms with E-state index in [1.54, 1.807) is 30.0 Å². The second-order valence-electron chi connectivity index (χ2n) is 13.2. The zero-order valence-electron chi connectivity index (χ0n) is 29.7. The van der Waals surface area contributed by atoms with Crippen LogP contribution in [0.5, 0.6) is 0 Å². The normalized spacial score (nSPS) is 13.5. The van der Waals surface area contributed by atoms with Gasteiger partial charge in [-0.1, -0.05) is 71.0 Å². The first-order valence-corrected chi connectivity index (χ1v) is 17.4. The topological polar surface area (TPSA) is 134 Å². The van der Waals surface area contributed by atoms with Gasteiger partial charge in [-0.05, 0) is 73.1 Å². The Kier molecular flexibility index (Phi) is 15.5. The van der Waals surface area contributed by atoms with Crippen molar-refractivity contribution in [3.8, 4) is 0 Å². The highest BCUT2D eigenvalue weighted by Gasteiger charge is 2.30. The van der Waals surface area contributed by atoms with Gasteiger partial charge < -0.3 is 26.6 Å². The SMILES string of the molecule is CCCN(CCC)C(=O)c1cccc(C(=O)N[C@@H](Cc2cc(F)cc(F)c2)[C@@H](N)C[C@@H](C)C(=O)N[C@H](C(=O)NCc2ccccc2)C(C)C)c1. The Balaban J connectivity index is 1.76. The Bertz CT molecular complexity index is 1560. The predicted molar refractivity (Wildman–Crippen MR) is 191 cm³/mol. The monoisotopic (exact) mass is 691 g/mol. The molecule has 0 aliphatic carbocycles. The number of rotatable bonds is 18. The fourth-order valence-electron chi connectivity index (χ4n) is 5.78. The number of nitrogens with zero attached hydrogens (tertiary/aromatic N) is 1. The van der Waals surface area contributed by atoms with Crippen molar-refractivity contribution in [1.82, 2.24) is 20.9 Å². The molecule has 4 amide bonds. The van der Waals surface area contributed by atoms with Gasteiger partial charge in [0.25, 0.3) is 11.8 Å². The maximum absolute atomic E-state index is 14.1. The predicted octanol–water partition coefficient (Wildman–Crippen LogP) is 5.38. The lowest BCUT2D eigenvalue weighted by atomic mass is 9.91. The Hall–Kier alpha value is -4.64. The van der Waals surface area contributed by atoms with Crippen LogP contribution in [0, 0.1) is 23.5 Å². The lowest BCUT2D eigenvalue weighted by Crippen LogP contribution is -2.53. The highest BCUT2D eigenvalue weighted by Crippen LogP contribution is 2.17. The standard InChI is InChI=1S/C39H51F2N5O4/c1-6-16-46(17-7-2)39(50)30-15-11-14-29(22-30)37(48)44-34(21-28-19-31(40)23-32(41)20-28)33(42)18-26(5)36(47)45-35(25(3)4)38(49)43-24-27-12-9-8-10-13-27/h8-15,19-20,22-23,25-26,33-35H,6-7,16-18,21,24,42H2,1-5H3,(H,43,49)(H,44,48)(H,45,47)/t26-,33+,34+,35+/m1/s1. The molecule has 9 nitrogen and oxygen atoms in total. The molecule has 0 saturated heterocycles. The third-order valence-corrected chi connectivity index (χ3v) is 8.49. The van der Waals surface area contributed by atoms with E-state index in [4.69, 9.17) is 5.73 Å². The van der Waals surface area contributed by atoms with E-state index in [-0.39, 0.29) is 41.7 Å². The molecule has 0 spiro atoms. The molecular formula is C39H51F2N5O4. The maximum atomic E-state index is 14.1. The van der Waals surface area contributed by atoms with Gasteiger partial charge >= 0.3 is 0 Å². The third-order valence-electron chi connectivity index (χ3n) is 8.49. The summed E-state index contributed by atoms with van der Waals surface area (Å²) in [6, 6.07) is 16.4. The Labute approximate surface area is 294 Å². The summed E-state index contributed by atoms with van der Waals surface area (Å²) in [7, 11) is 0. The Morgan fingerprint density at radius 1 is 0.760 bits per heavy atom. The van der Waals surface area contributed by atoms with E-state index in [1.165, 1.54) is 18.2 Å². The zero-order valence-corrected chi connectivity index (χ0v) is 29.7. The minimum atomic E-state index is -0.843. The smallest absolute Gasteiger partial charge is 0.253 e. The molecule has 3 aromatic rings. The van der Waals surface area contributed by atoms with Crippen LogP contribution < -0.4 is 21.7 Å². The van der Waals surface area contributed by atoms with Crippen molar-refractivity contribution in [2.45, 2.75) is 85.0 Å². The molecule has 0 aliphatic heterocycles. The molecule has 270 valence electrons. The van der Waals surface area contributed by atoms with Gasteiger partial charge in [-0.15, -0.1) is 0 Å². The zero-order chi connectivity index (χ0) is 36.8. The number of amides is 4. The molecule has 0 aromatic heterocycles. The Morgan fingerprint density at radius 3 is 1.98 bits per heavy atom. The molecule has 0 bridgehead atoms. The van der Waals surface area contributed by atoms with Crippen LogP contribution in [-0.2, 0) is 22.6 Å². The van der Waals surface area contributed by atoms with Gasteiger partial charge in [-0.25, -0.2) is 8.78 Å². The summed E-state index contributed by atoms with van der Waals surface area (Å²) in [6.07, 6.45) is 1.66.